The summed E-state index contributed by atoms with van der Waals surface area (Å²) in [6.07, 6.45) is 0. The zero-order valence-corrected chi connectivity index (χ0v) is 2.86. The van der Waals surface area contributed by atoms with Gasteiger partial charge < -0.3 is 10.6 Å². The van der Waals surface area contributed by atoms with Crippen molar-refractivity contribution in [1.29, 1.82) is 0 Å². The second-order valence-corrected chi connectivity index (χ2v) is 0.519. The van der Waals surface area contributed by atoms with Gasteiger partial charge in [0.15, 0.2) is 0 Å². The van der Waals surface area contributed by atoms with Crippen LogP contribution in [0.2, 0.25) is 0 Å². The first-order valence-corrected chi connectivity index (χ1v) is 0.928. The van der Waals surface area contributed by atoms with E-state index in [0.717, 1.165) is 6.92 Å². The van der Waals surface area contributed by atoms with Gasteiger partial charge in [0.2, 0.25) is 0 Å². The molecule has 0 bridgehead atoms. The van der Waals surface area contributed by atoms with Gasteiger partial charge >= 0.3 is 67.3 Å². The Labute approximate surface area is 94.1 Å². The summed E-state index contributed by atoms with van der Waals surface area (Å²) in [5.74, 6) is -0.833. The molecule has 3 nitrogen and oxygen atoms in total. The number of hydrogen-bond donors (Lipinski definition) is 1. The van der Waals surface area contributed by atoms with Gasteiger partial charge in [-0.05, 0) is 0 Å². The van der Waals surface area contributed by atoms with Gasteiger partial charge in [0.25, 0.3) is 5.97 Å². The number of hydrogen-bond acceptors (Lipinski definition) is 1. The van der Waals surface area contributed by atoms with Crippen molar-refractivity contribution >= 4 is 73.3 Å². The molecule has 0 fully saturated rings. The zero-order chi connectivity index (χ0) is 3.58. The molecule has 0 spiro atoms. The molecule has 0 heterocycles. The van der Waals surface area contributed by atoms with Crippen molar-refractivity contribution in [3.8, 4) is 0 Å². The van der Waals surface area contributed by atoms with Gasteiger partial charge in [-0.25, -0.2) is 0 Å². The van der Waals surface area contributed by atoms with E-state index in [1.165, 1.54) is 0 Å². The van der Waals surface area contributed by atoms with Crippen LogP contribution < -0.4 is 0 Å². The molecule has 0 aromatic carbocycles. The molecule has 0 amide bonds. The normalized spacial score (nSPS) is 3.57. The molecule has 0 aliphatic rings. The Kier molecular flexibility index (Phi) is 52.2. The van der Waals surface area contributed by atoms with Crippen LogP contribution in [-0.2, 0) is 4.79 Å². The standard InChI is InChI=1S/C2H4O2.Ca.Na.H2O.3H/c1-2(3)4;;;;;;/h1H3,(H,3,4);;;1H2;;;. The Balaban J connectivity index is -0.0000000150. The van der Waals surface area contributed by atoms with Crippen LogP contribution in [-0.4, -0.2) is 83.8 Å². The second kappa shape index (κ2) is 15.6. The third-order valence-corrected chi connectivity index (χ3v) is 0. The van der Waals surface area contributed by atoms with Gasteiger partial charge in [-0.15, -0.1) is 0 Å². The van der Waals surface area contributed by atoms with E-state index in [4.69, 9.17) is 9.90 Å². The summed E-state index contributed by atoms with van der Waals surface area (Å²) in [5.41, 5.74) is 0. The quantitative estimate of drug-likeness (QED) is 0.388. The van der Waals surface area contributed by atoms with Gasteiger partial charge in [-0.1, -0.05) is 0 Å². The Morgan fingerprint density at radius 1 is 1.57 bits per heavy atom. The molecule has 0 unspecified atom stereocenters. The Morgan fingerprint density at radius 3 is 1.57 bits per heavy atom. The SMILES string of the molecule is CC(=O)O.O.[CaH2].[NaH]. The van der Waals surface area contributed by atoms with E-state index in [-0.39, 0.29) is 72.8 Å². The van der Waals surface area contributed by atoms with E-state index in [9.17, 15) is 0 Å². The van der Waals surface area contributed by atoms with Crippen LogP contribution in [0.1, 0.15) is 6.92 Å². The van der Waals surface area contributed by atoms with E-state index >= 15 is 0 Å². The third-order valence-electron chi connectivity index (χ3n) is 0. The van der Waals surface area contributed by atoms with E-state index in [2.05, 4.69) is 0 Å². The van der Waals surface area contributed by atoms with Gasteiger partial charge in [-0.2, -0.15) is 0 Å². The fourth-order valence-electron chi connectivity index (χ4n) is 0. The Hall–Kier alpha value is 1.69. The van der Waals surface area contributed by atoms with Crippen LogP contribution in [0, 0.1) is 0 Å². The molecule has 0 radical (unpaired) electrons. The van der Waals surface area contributed by atoms with Crippen molar-refractivity contribution < 1.29 is 15.4 Å². The monoisotopic (exact) mass is 144 g/mol. The first kappa shape index (κ1) is 23.4. The van der Waals surface area contributed by atoms with E-state index < -0.39 is 5.97 Å². The predicted molar refractivity (Wildman–Crippen MR) is 32.6 cm³/mol. The average molecular weight is 144 g/mol. The molecule has 0 aromatic rings. The van der Waals surface area contributed by atoms with Crippen molar-refractivity contribution in [2.75, 3.05) is 0 Å². The molecule has 5 heteroatoms. The molecule has 3 N–H and O–H groups in total. The minimum absolute atomic E-state index is 0. The summed E-state index contributed by atoms with van der Waals surface area (Å²) in [6, 6.07) is 0. The van der Waals surface area contributed by atoms with Crippen molar-refractivity contribution in [3.63, 3.8) is 0 Å². The van der Waals surface area contributed by atoms with Crippen LogP contribution in [0.5, 0.6) is 0 Å². The maximum atomic E-state index is 9.00. The number of aliphatic carboxylic acids is 1. The molecule has 0 saturated heterocycles. The Bertz CT molecular complexity index is 35.9. The summed E-state index contributed by atoms with van der Waals surface area (Å²) >= 11 is 0. The summed E-state index contributed by atoms with van der Waals surface area (Å²) in [7, 11) is 0. The summed E-state index contributed by atoms with van der Waals surface area (Å²) in [6.45, 7) is 1.08. The molecular weight excluding hydrogens is 135 g/mol. The van der Waals surface area contributed by atoms with Crippen molar-refractivity contribution in [2.45, 2.75) is 6.92 Å². The average Bonchev–Trinajstić information content (AvgIpc) is 0.811. The van der Waals surface area contributed by atoms with Crippen molar-refractivity contribution in [1.82, 2.24) is 0 Å². The number of carboxylic acid groups (broad SMARTS) is 1. The molecule has 0 saturated carbocycles. The van der Waals surface area contributed by atoms with E-state index in [1.54, 1.807) is 0 Å². The fraction of sp³-hybridized carbons (Fsp3) is 0.500. The number of carboxylic acids is 1. The molecule has 38 valence electrons. The maximum absolute atomic E-state index is 9.00. The fourth-order valence-corrected chi connectivity index (χ4v) is 0. The van der Waals surface area contributed by atoms with Gasteiger partial charge in [0, 0.05) is 6.92 Å². The van der Waals surface area contributed by atoms with Crippen molar-refractivity contribution in [3.05, 3.63) is 0 Å². The van der Waals surface area contributed by atoms with Gasteiger partial charge in [-0.3, -0.25) is 4.79 Å². The van der Waals surface area contributed by atoms with Gasteiger partial charge in [0.1, 0.15) is 0 Å². The number of carbonyl (C=O) groups is 1. The molecule has 0 rings (SSSR count). The number of rotatable bonds is 0. The zero-order valence-electron chi connectivity index (χ0n) is 2.86. The first-order valence-electron chi connectivity index (χ1n) is 0.928. The van der Waals surface area contributed by atoms with E-state index in [1.807, 2.05) is 0 Å². The molecule has 0 aromatic heterocycles. The minimum atomic E-state index is -0.833. The van der Waals surface area contributed by atoms with Crippen LogP contribution in [0.15, 0.2) is 0 Å². The molecule has 0 atom stereocenters. The molecular formula is C2H9CaNaO3. The molecule has 7 heavy (non-hydrogen) atoms. The molecule has 0 aliphatic heterocycles. The first-order chi connectivity index (χ1) is 1.73. The molecule has 0 aliphatic carbocycles. The summed E-state index contributed by atoms with van der Waals surface area (Å²) < 4.78 is 0. The second-order valence-electron chi connectivity index (χ2n) is 0.519. The topological polar surface area (TPSA) is 68.8 Å². The van der Waals surface area contributed by atoms with Crippen molar-refractivity contribution in [2.24, 2.45) is 0 Å². The van der Waals surface area contributed by atoms with E-state index in [0.29, 0.717) is 0 Å². The predicted octanol–water partition coefficient (Wildman–Crippen LogP) is -2.30. The van der Waals surface area contributed by atoms with Crippen LogP contribution in [0.4, 0.5) is 0 Å². The third kappa shape index (κ3) is 87.2. The van der Waals surface area contributed by atoms with Crippen LogP contribution >= 0.6 is 0 Å². The summed E-state index contributed by atoms with van der Waals surface area (Å²) in [4.78, 5) is 9.00. The van der Waals surface area contributed by atoms with Gasteiger partial charge in [0.05, 0.1) is 0 Å². The summed E-state index contributed by atoms with van der Waals surface area (Å²) in [5, 5.41) is 7.42. The Morgan fingerprint density at radius 2 is 1.57 bits per heavy atom. The van der Waals surface area contributed by atoms with Crippen LogP contribution in [0.25, 0.3) is 0 Å². The van der Waals surface area contributed by atoms with Crippen LogP contribution in [0.3, 0.4) is 0 Å².